The Hall–Kier alpha value is -2.01. The van der Waals surface area contributed by atoms with Crippen molar-refractivity contribution in [2.45, 2.75) is 32.9 Å². The Morgan fingerprint density at radius 3 is 2.34 bits per heavy atom. The molecule has 0 bridgehead atoms. The van der Waals surface area contributed by atoms with E-state index in [4.69, 9.17) is 11.6 Å². The van der Waals surface area contributed by atoms with Gasteiger partial charge in [-0.15, -0.1) is 0 Å². The first kappa shape index (κ1) is 21.7. The second kappa shape index (κ2) is 8.78. The van der Waals surface area contributed by atoms with Gasteiger partial charge in [0.1, 0.15) is 5.82 Å². The summed E-state index contributed by atoms with van der Waals surface area (Å²) in [4.78, 5) is 8.88. The van der Waals surface area contributed by atoms with Gasteiger partial charge in [0.2, 0.25) is 0 Å². The van der Waals surface area contributed by atoms with Gasteiger partial charge in [-0.05, 0) is 50.7 Å². The van der Waals surface area contributed by atoms with Gasteiger partial charge in [-0.25, -0.2) is 4.39 Å². The first-order valence-electron chi connectivity index (χ1n) is 9.91. The van der Waals surface area contributed by atoms with Crippen LogP contribution in [-0.4, -0.2) is 48.2 Å². The third-order valence-corrected chi connectivity index (χ3v) is 5.74. The summed E-state index contributed by atoms with van der Waals surface area (Å²) in [5.41, 5.74) is 3.78. The predicted octanol–water partition coefficient (Wildman–Crippen LogP) is 5.95. The number of aliphatic imine (C=N–C) groups is 1. The largest absolute Gasteiger partial charge is 0.297 e. The molecule has 2 aromatic rings. The van der Waals surface area contributed by atoms with Crippen LogP contribution in [0.25, 0.3) is 16.2 Å². The summed E-state index contributed by atoms with van der Waals surface area (Å²) >= 11 is 6.00. The highest BCUT2D eigenvalue weighted by Gasteiger charge is 2.25. The lowest BCUT2D eigenvalue weighted by molar-refractivity contribution is 0.0591. The third-order valence-electron chi connectivity index (χ3n) is 5.53. The van der Waals surface area contributed by atoms with Crippen LogP contribution in [0.1, 0.15) is 31.9 Å². The van der Waals surface area contributed by atoms with Gasteiger partial charge in [0.15, 0.2) is 0 Å². The molecule has 0 aliphatic carbocycles. The van der Waals surface area contributed by atoms with Crippen LogP contribution in [0.4, 0.5) is 10.1 Å². The Bertz CT molecular complexity index is 909. The first-order valence-corrected chi connectivity index (χ1v) is 10.3. The fraction of sp³-hybridized carbons (Fsp3) is 0.375. The smallest absolute Gasteiger partial charge is 0.131 e. The molecule has 0 radical (unpaired) electrons. The van der Waals surface area contributed by atoms with E-state index in [1.165, 1.54) is 0 Å². The minimum atomic E-state index is -0.233. The average molecular weight is 414 g/mol. The molecule has 1 aliphatic rings. The Morgan fingerprint density at radius 1 is 1.10 bits per heavy atom. The molecule has 0 atom stereocenters. The highest BCUT2D eigenvalue weighted by Crippen LogP contribution is 2.33. The van der Waals surface area contributed by atoms with E-state index in [1.807, 2.05) is 18.2 Å². The van der Waals surface area contributed by atoms with Crippen molar-refractivity contribution in [3.05, 3.63) is 59.9 Å². The number of piperazine rings is 1. The van der Waals surface area contributed by atoms with E-state index in [1.54, 1.807) is 18.2 Å². The fourth-order valence-electron chi connectivity index (χ4n) is 3.79. The monoisotopic (exact) mass is 413 g/mol. The molecule has 0 amide bonds. The molecule has 2 aromatic carbocycles. The number of benzene rings is 2. The highest BCUT2D eigenvalue weighted by atomic mass is 35.5. The fourth-order valence-corrected chi connectivity index (χ4v) is 3.95. The van der Waals surface area contributed by atoms with Crippen molar-refractivity contribution in [1.29, 1.82) is 0 Å². The number of rotatable bonds is 5. The van der Waals surface area contributed by atoms with E-state index >= 15 is 0 Å². The zero-order valence-corrected chi connectivity index (χ0v) is 18.3. The van der Waals surface area contributed by atoms with Gasteiger partial charge < -0.3 is 0 Å². The van der Waals surface area contributed by atoms with E-state index in [2.05, 4.69) is 48.9 Å². The average Bonchev–Trinajstić information content (AvgIpc) is 2.67. The molecule has 29 heavy (non-hydrogen) atoms. The van der Waals surface area contributed by atoms with Crippen molar-refractivity contribution in [2.75, 3.05) is 26.2 Å². The molecule has 1 saturated heterocycles. The number of hydrogen-bond donors (Lipinski definition) is 0. The third kappa shape index (κ3) is 5.13. The van der Waals surface area contributed by atoms with Crippen molar-refractivity contribution >= 4 is 29.0 Å². The molecular weight excluding hydrogens is 385 g/mol. The molecule has 0 N–H and O–H groups in total. The normalized spacial score (nSPS) is 16.0. The lowest BCUT2D eigenvalue weighted by Gasteiger charge is -2.42. The molecule has 5 heteroatoms. The molecule has 1 heterocycles. The molecule has 0 saturated carbocycles. The summed E-state index contributed by atoms with van der Waals surface area (Å²) in [5, 5.41) is 0.390. The van der Waals surface area contributed by atoms with Crippen LogP contribution in [0.2, 0.25) is 0 Å². The van der Waals surface area contributed by atoms with E-state index in [0.717, 1.165) is 43.9 Å². The van der Waals surface area contributed by atoms with Gasteiger partial charge in [-0.1, -0.05) is 42.4 Å². The minimum absolute atomic E-state index is 0.199. The van der Waals surface area contributed by atoms with Crippen LogP contribution in [-0.2, 0) is 6.54 Å². The number of halogens is 2. The second-order valence-electron chi connectivity index (χ2n) is 8.54. The van der Waals surface area contributed by atoms with Gasteiger partial charge in [0, 0.05) is 54.4 Å². The second-order valence-corrected chi connectivity index (χ2v) is 9.00. The molecule has 0 unspecified atom stereocenters. The Morgan fingerprint density at radius 2 is 1.79 bits per heavy atom. The summed E-state index contributed by atoms with van der Waals surface area (Å²) in [7, 11) is 0. The molecule has 0 aromatic heterocycles. The zero-order valence-electron chi connectivity index (χ0n) is 17.5. The van der Waals surface area contributed by atoms with E-state index in [0.29, 0.717) is 21.8 Å². The van der Waals surface area contributed by atoms with E-state index < -0.39 is 0 Å². The minimum Gasteiger partial charge on any atom is -0.297 e. The molecule has 1 aliphatic heterocycles. The summed E-state index contributed by atoms with van der Waals surface area (Å²) in [5.74, 6) is -0.233. The van der Waals surface area contributed by atoms with Crippen molar-refractivity contribution in [2.24, 2.45) is 4.99 Å². The van der Waals surface area contributed by atoms with Gasteiger partial charge in [0.05, 0.1) is 5.69 Å². The molecule has 3 nitrogen and oxygen atoms in total. The van der Waals surface area contributed by atoms with Crippen LogP contribution >= 0.6 is 11.6 Å². The SMILES string of the molecule is C=Nc1cc(-c2ccc(CN3CCN(C(C)(C)C)CC3)cc2F)ccc1C(=C)Cl. The van der Waals surface area contributed by atoms with Crippen molar-refractivity contribution in [1.82, 2.24) is 9.80 Å². The molecule has 154 valence electrons. The summed E-state index contributed by atoms with van der Waals surface area (Å²) < 4.78 is 14.9. The van der Waals surface area contributed by atoms with Gasteiger partial charge in [0.25, 0.3) is 0 Å². The Kier molecular flexibility index (Phi) is 6.57. The number of nitrogens with zero attached hydrogens (tertiary/aromatic N) is 3. The van der Waals surface area contributed by atoms with Crippen LogP contribution in [0.5, 0.6) is 0 Å². The summed E-state index contributed by atoms with van der Waals surface area (Å²) in [6, 6.07) is 10.9. The topological polar surface area (TPSA) is 18.8 Å². The van der Waals surface area contributed by atoms with Crippen molar-refractivity contribution in [3.63, 3.8) is 0 Å². The van der Waals surface area contributed by atoms with E-state index in [9.17, 15) is 4.39 Å². The van der Waals surface area contributed by atoms with Gasteiger partial charge >= 0.3 is 0 Å². The lowest BCUT2D eigenvalue weighted by atomic mass is 10.00. The van der Waals surface area contributed by atoms with Crippen molar-refractivity contribution in [3.8, 4) is 11.1 Å². The maximum Gasteiger partial charge on any atom is 0.131 e. The molecule has 0 spiro atoms. The Labute approximate surface area is 178 Å². The number of hydrogen-bond acceptors (Lipinski definition) is 3. The van der Waals surface area contributed by atoms with Crippen LogP contribution < -0.4 is 0 Å². The first-order chi connectivity index (χ1) is 13.7. The molecule has 1 fully saturated rings. The Balaban J connectivity index is 1.73. The van der Waals surface area contributed by atoms with Gasteiger partial charge in [-0.2, -0.15) is 0 Å². The summed E-state index contributed by atoms with van der Waals surface area (Å²) in [6.45, 7) is 18.9. The highest BCUT2D eigenvalue weighted by molar-refractivity contribution is 6.48. The van der Waals surface area contributed by atoms with Crippen LogP contribution in [0.3, 0.4) is 0 Å². The van der Waals surface area contributed by atoms with Crippen LogP contribution in [0.15, 0.2) is 48.0 Å². The van der Waals surface area contributed by atoms with Crippen molar-refractivity contribution < 1.29 is 4.39 Å². The maximum atomic E-state index is 14.9. The zero-order chi connectivity index (χ0) is 21.2. The van der Waals surface area contributed by atoms with E-state index in [-0.39, 0.29) is 11.4 Å². The molecule has 3 rings (SSSR count). The maximum absolute atomic E-state index is 14.9. The molecular formula is C24H29ClFN3. The predicted molar refractivity (Wildman–Crippen MR) is 123 cm³/mol. The lowest BCUT2D eigenvalue weighted by Crippen LogP contribution is -2.53. The van der Waals surface area contributed by atoms with Gasteiger partial charge in [-0.3, -0.25) is 14.8 Å². The summed E-state index contributed by atoms with van der Waals surface area (Å²) in [6.07, 6.45) is 0. The standard InChI is InChI=1S/C24H29ClFN3/c1-17(25)20-9-7-19(15-23(20)27-5)21-8-6-18(14-22(21)26)16-28-10-12-29(13-11-28)24(2,3)4/h6-9,14-15H,1,5,10-13,16H2,2-4H3. The van der Waals surface area contributed by atoms with Crippen LogP contribution in [0, 0.1) is 5.82 Å². The quantitative estimate of drug-likeness (QED) is 0.564.